The van der Waals surface area contributed by atoms with Gasteiger partial charge in [-0.1, -0.05) is 66.4 Å². The monoisotopic (exact) mass is 765 g/mol. The summed E-state index contributed by atoms with van der Waals surface area (Å²) in [6, 6.07) is 1.54. The summed E-state index contributed by atoms with van der Waals surface area (Å²) in [5, 5.41) is 5.46. The third-order valence-corrected chi connectivity index (χ3v) is 16.7. The van der Waals surface area contributed by atoms with E-state index >= 15 is 4.79 Å². The van der Waals surface area contributed by atoms with Crippen molar-refractivity contribution in [2.75, 3.05) is 6.54 Å². The highest BCUT2D eigenvalue weighted by Gasteiger charge is 2.85. The molecule has 0 aromatic carbocycles. The Hall–Kier alpha value is -3.48. The molecule has 4 amide bonds. The van der Waals surface area contributed by atoms with Crippen LogP contribution in [0.4, 0.5) is 0 Å². The van der Waals surface area contributed by atoms with Crippen LogP contribution >= 0.6 is 0 Å². The van der Waals surface area contributed by atoms with Crippen LogP contribution in [-0.4, -0.2) is 77.1 Å². The molecule has 0 bridgehead atoms. The largest absolute Gasteiger partial charge is 0.359 e. The van der Waals surface area contributed by atoms with Crippen LogP contribution in [0.5, 0.6) is 0 Å². The Morgan fingerprint density at radius 1 is 1.00 bits per heavy atom. The summed E-state index contributed by atoms with van der Waals surface area (Å²) in [5.74, 6) is -3.18. The van der Waals surface area contributed by atoms with Gasteiger partial charge in [0.2, 0.25) is 27.7 Å². The van der Waals surface area contributed by atoms with Crippen molar-refractivity contribution < 1.29 is 32.4 Å². The second kappa shape index (κ2) is 13.3. The number of nitrogens with one attached hydrogen (secondary N) is 4. The average Bonchev–Trinajstić information content (AvgIpc) is 4.02. The van der Waals surface area contributed by atoms with E-state index in [1.165, 1.54) is 0 Å². The lowest BCUT2D eigenvalue weighted by Crippen LogP contribution is -2.60. The number of hydrogen-bond acceptors (Lipinski definition) is 7. The molecule has 6 atom stereocenters. The van der Waals surface area contributed by atoms with Gasteiger partial charge in [-0.3, -0.25) is 28.7 Å². The van der Waals surface area contributed by atoms with E-state index in [9.17, 15) is 27.6 Å². The van der Waals surface area contributed by atoms with Gasteiger partial charge in [-0.25, -0.2) is 8.42 Å². The summed E-state index contributed by atoms with van der Waals surface area (Å²) in [7, 11) is -3.86. The number of H-pyrrole nitrogens is 1. The smallest absolute Gasteiger partial charge is 0.259 e. The number of Topliss-reactive ketones (excluding diaryl/α,β-unsaturated/α-hetero) is 1. The molecular formula is C41H59N5O7S. The highest BCUT2D eigenvalue weighted by Crippen LogP contribution is 2.88. The third kappa shape index (κ3) is 6.24. The first kappa shape index (κ1) is 38.8. The van der Waals surface area contributed by atoms with Crippen molar-refractivity contribution in [1.82, 2.24) is 25.2 Å². The Bertz CT molecular complexity index is 1820. The third-order valence-electron chi connectivity index (χ3n) is 14.9. The quantitative estimate of drug-likeness (QED) is 0.165. The first-order valence-electron chi connectivity index (χ1n) is 20.1. The average molecular weight is 766 g/mol. The van der Waals surface area contributed by atoms with E-state index in [0.717, 1.165) is 51.4 Å². The molecule has 7 rings (SSSR count). The lowest BCUT2D eigenvalue weighted by atomic mass is 9.73. The van der Waals surface area contributed by atoms with E-state index in [-0.39, 0.29) is 52.6 Å². The fourth-order valence-electron chi connectivity index (χ4n) is 11.0. The molecule has 296 valence electrons. The number of sulfonamides is 1. The van der Waals surface area contributed by atoms with Gasteiger partial charge in [0, 0.05) is 36.4 Å². The van der Waals surface area contributed by atoms with Gasteiger partial charge in [0.25, 0.3) is 5.91 Å². The van der Waals surface area contributed by atoms with Crippen molar-refractivity contribution in [3.8, 4) is 0 Å². The predicted molar refractivity (Wildman–Crippen MR) is 203 cm³/mol. The molecule has 6 fully saturated rings. The fraction of sp³-hybridized carbons (Fsp3) is 0.732. The van der Waals surface area contributed by atoms with Gasteiger partial charge in [0.1, 0.15) is 17.6 Å². The molecule has 5 saturated carbocycles. The molecular weight excluding hydrogens is 707 g/mol. The standard InChI is InChI=1S/C41H59N5O7S/c1-7-26-22-41(26,36(51)45-54(52,53)27-16-17-27)44-34(49)30-23-40(38(5,6)39(40)18-12-19-39)24-46(30)35(50)32(37(2,3)4)43-33(48)28(25-13-9-8-10-14-25)21-31(47)29-15-11-20-42-29/h7,11,15,20,25-28,30,32,42H,1,8-10,12-14,16-19,21-24H2,2-6H3,(H,43,48)(H,44,49)(H,45,51)/t26-,28+,30+,32-,40-,41-/m1/s1. The maximum Gasteiger partial charge on any atom is 0.259 e. The molecule has 12 nitrogen and oxygen atoms in total. The Kier molecular flexibility index (Phi) is 9.57. The van der Waals surface area contributed by atoms with Gasteiger partial charge in [-0.05, 0) is 85.7 Å². The Morgan fingerprint density at radius 2 is 1.69 bits per heavy atom. The molecule has 1 aromatic rings. The van der Waals surface area contributed by atoms with Gasteiger partial charge in [-0.15, -0.1) is 6.58 Å². The zero-order chi connectivity index (χ0) is 39.1. The van der Waals surface area contributed by atoms with Crippen LogP contribution in [0.1, 0.15) is 129 Å². The van der Waals surface area contributed by atoms with E-state index in [1.807, 2.05) is 20.8 Å². The second-order valence-electron chi connectivity index (χ2n) is 19.0. The lowest BCUT2D eigenvalue weighted by Gasteiger charge is -2.37. The summed E-state index contributed by atoms with van der Waals surface area (Å²) in [6.45, 7) is 14.3. The number of amides is 4. The van der Waals surface area contributed by atoms with E-state index < -0.39 is 62.0 Å². The summed E-state index contributed by atoms with van der Waals surface area (Å²) in [5.41, 5.74) is -2.23. The molecule has 1 saturated heterocycles. The van der Waals surface area contributed by atoms with Crippen molar-refractivity contribution in [1.29, 1.82) is 0 Å². The van der Waals surface area contributed by atoms with Crippen molar-refractivity contribution >= 4 is 39.4 Å². The Labute approximate surface area is 319 Å². The molecule has 2 spiro atoms. The zero-order valence-corrected chi connectivity index (χ0v) is 33.4. The van der Waals surface area contributed by atoms with Gasteiger partial charge in [0.05, 0.1) is 10.9 Å². The van der Waals surface area contributed by atoms with Crippen LogP contribution in [0.25, 0.3) is 0 Å². The molecule has 4 N–H and O–H groups in total. The number of fused-ring (bicyclic) bond motifs is 1. The number of rotatable bonds is 13. The summed E-state index contributed by atoms with van der Waals surface area (Å²) < 4.78 is 27.8. The number of nitrogens with zero attached hydrogens (tertiary/aromatic N) is 1. The van der Waals surface area contributed by atoms with Crippen molar-refractivity contribution in [2.45, 2.75) is 141 Å². The van der Waals surface area contributed by atoms with Crippen molar-refractivity contribution in [3.05, 3.63) is 36.7 Å². The highest BCUT2D eigenvalue weighted by atomic mass is 32.2. The molecule has 0 radical (unpaired) electrons. The van der Waals surface area contributed by atoms with E-state index in [2.05, 4.69) is 40.8 Å². The number of ketones is 1. The molecule has 6 aliphatic rings. The second-order valence-corrected chi connectivity index (χ2v) is 21.0. The molecule has 54 heavy (non-hydrogen) atoms. The van der Waals surface area contributed by atoms with Crippen LogP contribution in [0.2, 0.25) is 0 Å². The molecule has 2 heterocycles. The fourth-order valence-corrected chi connectivity index (χ4v) is 12.3. The van der Waals surface area contributed by atoms with E-state index in [0.29, 0.717) is 31.5 Å². The maximum atomic E-state index is 15.1. The van der Waals surface area contributed by atoms with Gasteiger partial charge in [0.15, 0.2) is 5.78 Å². The highest BCUT2D eigenvalue weighted by molar-refractivity contribution is 7.91. The Balaban J connectivity index is 1.16. The minimum absolute atomic E-state index is 0.00503. The summed E-state index contributed by atoms with van der Waals surface area (Å²) >= 11 is 0. The first-order chi connectivity index (χ1) is 25.3. The minimum atomic E-state index is -3.86. The van der Waals surface area contributed by atoms with E-state index in [1.54, 1.807) is 29.3 Å². The Morgan fingerprint density at radius 3 is 2.20 bits per heavy atom. The summed E-state index contributed by atoms with van der Waals surface area (Å²) in [4.78, 5) is 75.7. The number of aromatic nitrogens is 1. The van der Waals surface area contributed by atoms with Crippen LogP contribution in [0.15, 0.2) is 31.0 Å². The SMILES string of the molecule is C=C[C@@H]1C[C@]1(NC(=O)[C@@H]1C[C@@]2(CN1C(=O)[C@@H](NC(=O)[C@@H](CC(=O)c1ccc[nH]1)C1CCCCC1)C(C)(C)C)C(C)(C)C21CCC1)C(=O)NS(=O)(=O)C1CC1. The maximum absolute atomic E-state index is 15.1. The number of hydrogen-bond donors (Lipinski definition) is 4. The predicted octanol–water partition coefficient (Wildman–Crippen LogP) is 4.78. The van der Waals surface area contributed by atoms with Crippen LogP contribution in [0.3, 0.4) is 0 Å². The number of likely N-dealkylation sites (tertiary alicyclic amines) is 1. The minimum Gasteiger partial charge on any atom is -0.359 e. The van der Waals surface area contributed by atoms with Crippen LogP contribution < -0.4 is 15.4 Å². The molecule has 0 unspecified atom stereocenters. The molecule has 1 aliphatic heterocycles. The van der Waals surface area contributed by atoms with Gasteiger partial charge in [-0.2, -0.15) is 0 Å². The topological polar surface area (TPSA) is 175 Å². The number of carbonyl (C=O) groups excluding carboxylic acids is 5. The zero-order valence-electron chi connectivity index (χ0n) is 32.6. The van der Waals surface area contributed by atoms with Crippen molar-refractivity contribution in [3.63, 3.8) is 0 Å². The van der Waals surface area contributed by atoms with Crippen LogP contribution in [-0.2, 0) is 29.2 Å². The van der Waals surface area contributed by atoms with Gasteiger partial charge < -0.3 is 20.5 Å². The lowest BCUT2D eigenvalue weighted by molar-refractivity contribution is -0.145. The molecule has 1 aromatic heterocycles. The van der Waals surface area contributed by atoms with Gasteiger partial charge >= 0.3 is 0 Å². The van der Waals surface area contributed by atoms with Crippen LogP contribution in [0, 0.1) is 39.4 Å². The molecule has 5 aliphatic carbocycles. The molecule has 13 heteroatoms. The van der Waals surface area contributed by atoms with E-state index in [4.69, 9.17) is 0 Å². The normalized spacial score (nSPS) is 30.9. The number of carbonyl (C=O) groups is 5. The number of aromatic amines is 1. The van der Waals surface area contributed by atoms with Crippen molar-refractivity contribution in [2.24, 2.45) is 39.4 Å². The first-order valence-corrected chi connectivity index (χ1v) is 21.7. The summed E-state index contributed by atoms with van der Waals surface area (Å²) in [6.07, 6.45) is 12.7.